The van der Waals surface area contributed by atoms with Crippen molar-refractivity contribution in [2.75, 3.05) is 6.61 Å². The van der Waals surface area contributed by atoms with Gasteiger partial charge in [0.2, 0.25) is 0 Å². The molecule has 0 heterocycles. The second-order valence-electron chi connectivity index (χ2n) is 8.15. The molecule has 3 nitrogen and oxygen atoms in total. The van der Waals surface area contributed by atoms with Crippen LogP contribution in [-0.2, 0) is 6.42 Å². The highest BCUT2D eigenvalue weighted by molar-refractivity contribution is 5.91. The van der Waals surface area contributed by atoms with Crippen LogP contribution in [0.2, 0.25) is 0 Å². The third-order valence-electron chi connectivity index (χ3n) is 5.53. The van der Waals surface area contributed by atoms with Crippen LogP contribution < -0.4 is 9.47 Å². The number of ether oxygens (including phenoxy) is 2. The molecule has 0 spiro atoms. The summed E-state index contributed by atoms with van der Waals surface area (Å²) in [7, 11) is 0. The van der Waals surface area contributed by atoms with Crippen molar-refractivity contribution in [3.8, 4) is 22.6 Å². The van der Waals surface area contributed by atoms with Gasteiger partial charge in [0, 0.05) is 0 Å². The normalized spacial score (nSPS) is 10.7. The Hall–Kier alpha value is -3.07. The number of rotatable bonds is 12. The molecule has 3 heteroatoms. The lowest BCUT2D eigenvalue weighted by molar-refractivity contribution is 0.0734. The van der Waals surface area contributed by atoms with Crippen LogP contribution in [0, 0.1) is 0 Å². The fourth-order valence-electron chi connectivity index (χ4n) is 3.55. The fourth-order valence-corrected chi connectivity index (χ4v) is 3.55. The van der Waals surface area contributed by atoms with E-state index in [2.05, 4.69) is 38.1 Å². The highest BCUT2D eigenvalue weighted by Gasteiger charge is 2.09. The smallest absolute Gasteiger partial charge is 0.343 e. The van der Waals surface area contributed by atoms with E-state index in [1.807, 2.05) is 36.4 Å². The molecule has 0 aromatic heterocycles. The molecule has 0 atom stereocenters. The van der Waals surface area contributed by atoms with E-state index in [1.54, 1.807) is 12.1 Å². The largest absolute Gasteiger partial charge is 0.494 e. The zero-order valence-corrected chi connectivity index (χ0v) is 19.3. The van der Waals surface area contributed by atoms with Crippen LogP contribution >= 0.6 is 0 Å². The third-order valence-corrected chi connectivity index (χ3v) is 5.53. The maximum Gasteiger partial charge on any atom is 0.343 e. The molecule has 0 aliphatic heterocycles. The van der Waals surface area contributed by atoms with Crippen molar-refractivity contribution in [1.29, 1.82) is 0 Å². The second-order valence-corrected chi connectivity index (χ2v) is 8.15. The molecular formula is C29H34O3. The van der Waals surface area contributed by atoms with E-state index in [9.17, 15) is 4.79 Å². The van der Waals surface area contributed by atoms with Gasteiger partial charge in [-0.3, -0.25) is 0 Å². The van der Waals surface area contributed by atoms with E-state index >= 15 is 0 Å². The Kier molecular flexibility index (Phi) is 9.37. The van der Waals surface area contributed by atoms with Crippen molar-refractivity contribution < 1.29 is 14.3 Å². The van der Waals surface area contributed by atoms with Crippen LogP contribution in [-0.4, -0.2) is 12.6 Å². The van der Waals surface area contributed by atoms with Gasteiger partial charge in [0.25, 0.3) is 0 Å². The molecule has 0 fully saturated rings. The van der Waals surface area contributed by atoms with E-state index in [1.165, 1.54) is 37.7 Å². The first-order chi connectivity index (χ1) is 15.7. The van der Waals surface area contributed by atoms with Gasteiger partial charge in [-0.25, -0.2) is 4.79 Å². The van der Waals surface area contributed by atoms with Gasteiger partial charge in [-0.2, -0.15) is 0 Å². The Balaban J connectivity index is 1.53. The number of esters is 1. The van der Waals surface area contributed by atoms with Crippen LogP contribution in [0.15, 0.2) is 72.8 Å². The number of hydrogen-bond donors (Lipinski definition) is 0. The Morgan fingerprint density at radius 1 is 0.656 bits per heavy atom. The van der Waals surface area contributed by atoms with Crippen LogP contribution in [0.5, 0.6) is 11.5 Å². The predicted octanol–water partition coefficient (Wildman–Crippen LogP) is 7.87. The minimum Gasteiger partial charge on any atom is -0.494 e. The number of benzene rings is 3. The van der Waals surface area contributed by atoms with Crippen molar-refractivity contribution in [2.45, 2.75) is 58.8 Å². The molecule has 0 bridgehead atoms. The molecule has 0 N–H and O–H groups in total. The van der Waals surface area contributed by atoms with E-state index in [0.29, 0.717) is 17.9 Å². The van der Waals surface area contributed by atoms with Gasteiger partial charge in [0.1, 0.15) is 11.5 Å². The average molecular weight is 431 g/mol. The molecule has 0 radical (unpaired) electrons. The first-order valence-electron chi connectivity index (χ1n) is 11.8. The quantitative estimate of drug-likeness (QED) is 0.167. The highest BCUT2D eigenvalue weighted by atomic mass is 16.5. The van der Waals surface area contributed by atoms with Crippen molar-refractivity contribution >= 4 is 5.97 Å². The summed E-state index contributed by atoms with van der Waals surface area (Å²) in [6, 6.07) is 23.5. The van der Waals surface area contributed by atoms with Gasteiger partial charge in [0.15, 0.2) is 0 Å². The standard InChI is InChI=1S/C29H34O3/c1-3-5-7-9-23-10-12-24(13-11-23)25-14-16-26(17-15-25)29(30)32-28-20-18-27(19-21-28)31-22-8-6-4-2/h10-21H,3-9,22H2,1-2H3. The molecule has 0 saturated heterocycles. The van der Waals surface area contributed by atoms with Crippen LogP contribution in [0.4, 0.5) is 0 Å². The Bertz CT molecular complexity index is 941. The second kappa shape index (κ2) is 12.7. The highest BCUT2D eigenvalue weighted by Crippen LogP contribution is 2.23. The minimum absolute atomic E-state index is 0.362. The summed E-state index contributed by atoms with van der Waals surface area (Å²) in [6.07, 6.45) is 8.27. The lowest BCUT2D eigenvalue weighted by Crippen LogP contribution is -2.08. The maximum atomic E-state index is 12.5. The summed E-state index contributed by atoms with van der Waals surface area (Å²) in [6.45, 7) is 5.10. The Morgan fingerprint density at radius 3 is 1.84 bits per heavy atom. The molecule has 0 saturated carbocycles. The zero-order valence-electron chi connectivity index (χ0n) is 19.3. The van der Waals surface area contributed by atoms with Crippen molar-refractivity contribution in [3.05, 3.63) is 83.9 Å². The molecule has 3 rings (SSSR count). The van der Waals surface area contributed by atoms with Crippen LogP contribution in [0.3, 0.4) is 0 Å². The van der Waals surface area contributed by atoms with E-state index < -0.39 is 0 Å². The number of hydrogen-bond acceptors (Lipinski definition) is 3. The van der Waals surface area contributed by atoms with Gasteiger partial charge < -0.3 is 9.47 Å². The summed E-state index contributed by atoms with van der Waals surface area (Å²) in [5.74, 6) is 0.944. The zero-order chi connectivity index (χ0) is 22.6. The first-order valence-corrected chi connectivity index (χ1v) is 11.8. The molecule has 168 valence electrons. The van der Waals surface area contributed by atoms with Crippen LogP contribution in [0.1, 0.15) is 68.3 Å². The topological polar surface area (TPSA) is 35.5 Å². The lowest BCUT2D eigenvalue weighted by atomic mass is 10.0. The molecule has 0 aliphatic rings. The molecule has 3 aromatic carbocycles. The summed E-state index contributed by atoms with van der Waals surface area (Å²) in [4.78, 5) is 12.5. The summed E-state index contributed by atoms with van der Waals surface area (Å²) < 4.78 is 11.2. The summed E-state index contributed by atoms with van der Waals surface area (Å²) >= 11 is 0. The third kappa shape index (κ3) is 7.26. The fraction of sp³-hybridized carbons (Fsp3) is 0.345. The molecule has 0 aliphatic carbocycles. The van der Waals surface area contributed by atoms with Crippen molar-refractivity contribution in [1.82, 2.24) is 0 Å². The summed E-state index contributed by atoms with van der Waals surface area (Å²) in [5.41, 5.74) is 4.15. The van der Waals surface area contributed by atoms with Crippen molar-refractivity contribution in [3.63, 3.8) is 0 Å². The predicted molar refractivity (Wildman–Crippen MR) is 132 cm³/mol. The Labute approximate surface area is 192 Å². The first kappa shape index (κ1) is 23.6. The molecular weight excluding hydrogens is 396 g/mol. The van der Waals surface area contributed by atoms with E-state index in [0.717, 1.165) is 29.7 Å². The SMILES string of the molecule is CCCCCOc1ccc(OC(=O)c2ccc(-c3ccc(CCCCC)cc3)cc2)cc1. The monoisotopic (exact) mass is 430 g/mol. The summed E-state index contributed by atoms with van der Waals surface area (Å²) in [5, 5.41) is 0. The van der Waals surface area contributed by atoms with Gasteiger partial charge in [0.05, 0.1) is 12.2 Å². The lowest BCUT2D eigenvalue weighted by Gasteiger charge is -2.08. The average Bonchev–Trinajstić information content (AvgIpc) is 2.83. The molecule has 3 aromatic rings. The molecule has 0 amide bonds. The van der Waals surface area contributed by atoms with Gasteiger partial charge in [-0.1, -0.05) is 75.9 Å². The van der Waals surface area contributed by atoms with E-state index in [-0.39, 0.29) is 5.97 Å². The molecule has 32 heavy (non-hydrogen) atoms. The van der Waals surface area contributed by atoms with Gasteiger partial charge >= 0.3 is 5.97 Å². The van der Waals surface area contributed by atoms with Gasteiger partial charge in [-0.15, -0.1) is 0 Å². The Morgan fingerprint density at radius 2 is 1.22 bits per heavy atom. The van der Waals surface area contributed by atoms with Gasteiger partial charge in [-0.05, 0) is 72.4 Å². The molecule has 0 unspecified atom stereocenters. The van der Waals surface area contributed by atoms with Crippen LogP contribution in [0.25, 0.3) is 11.1 Å². The number of unbranched alkanes of at least 4 members (excludes halogenated alkanes) is 4. The number of carbonyl (C=O) groups is 1. The maximum absolute atomic E-state index is 12.5. The minimum atomic E-state index is -0.362. The number of aryl methyl sites for hydroxylation is 1. The number of carbonyl (C=O) groups excluding carboxylic acids is 1. The van der Waals surface area contributed by atoms with Crippen molar-refractivity contribution in [2.24, 2.45) is 0 Å². The van der Waals surface area contributed by atoms with E-state index in [4.69, 9.17) is 9.47 Å².